The van der Waals surface area contributed by atoms with Crippen molar-refractivity contribution in [1.29, 1.82) is 0 Å². The molecule has 5 nitrogen and oxygen atoms in total. The van der Waals surface area contributed by atoms with E-state index in [1.54, 1.807) is 12.1 Å². The lowest BCUT2D eigenvalue weighted by atomic mass is 10.2. The van der Waals surface area contributed by atoms with Crippen LogP contribution in [0.2, 0.25) is 0 Å². The lowest BCUT2D eigenvalue weighted by molar-refractivity contribution is -0.120. The first-order chi connectivity index (χ1) is 9.70. The van der Waals surface area contributed by atoms with Crippen molar-refractivity contribution in [3.63, 3.8) is 0 Å². The SMILES string of the molecule is O=C(Cc1nnc(-c2cccc(F)c2)o1)NCC1CC1. The van der Waals surface area contributed by atoms with E-state index < -0.39 is 0 Å². The Bertz CT molecular complexity index is 622. The first kappa shape index (κ1) is 12.8. The van der Waals surface area contributed by atoms with Gasteiger partial charge in [-0.3, -0.25) is 4.79 Å². The van der Waals surface area contributed by atoms with Crippen molar-refractivity contribution >= 4 is 5.91 Å². The number of carbonyl (C=O) groups excluding carboxylic acids is 1. The summed E-state index contributed by atoms with van der Waals surface area (Å²) in [5.41, 5.74) is 0.502. The number of nitrogens with one attached hydrogen (secondary N) is 1. The molecular weight excluding hydrogens is 261 g/mol. The second-order valence-corrected chi connectivity index (χ2v) is 4.94. The first-order valence-corrected chi connectivity index (χ1v) is 6.56. The van der Waals surface area contributed by atoms with E-state index in [9.17, 15) is 9.18 Å². The molecule has 1 aliphatic rings. The van der Waals surface area contributed by atoms with Gasteiger partial charge in [0.25, 0.3) is 0 Å². The maximum Gasteiger partial charge on any atom is 0.247 e. The Morgan fingerprint density at radius 1 is 1.40 bits per heavy atom. The number of benzene rings is 1. The fourth-order valence-corrected chi connectivity index (χ4v) is 1.84. The van der Waals surface area contributed by atoms with Crippen LogP contribution in [0.5, 0.6) is 0 Å². The van der Waals surface area contributed by atoms with Crippen LogP contribution in [0, 0.1) is 11.7 Å². The second-order valence-electron chi connectivity index (χ2n) is 4.94. The van der Waals surface area contributed by atoms with Gasteiger partial charge in [-0.2, -0.15) is 0 Å². The molecule has 1 N–H and O–H groups in total. The Hall–Kier alpha value is -2.24. The van der Waals surface area contributed by atoms with Crippen LogP contribution >= 0.6 is 0 Å². The molecule has 1 aromatic carbocycles. The summed E-state index contributed by atoms with van der Waals surface area (Å²) in [6.07, 6.45) is 2.42. The molecule has 1 amide bonds. The molecule has 20 heavy (non-hydrogen) atoms. The van der Waals surface area contributed by atoms with Gasteiger partial charge in [-0.1, -0.05) is 6.07 Å². The van der Waals surface area contributed by atoms with Crippen molar-refractivity contribution < 1.29 is 13.6 Å². The molecular formula is C14H14FN3O2. The molecule has 0 radical (unpaired) electrons. The standard InChI is InChI=1S/C14H14FN3O2/c15-11-3-1-2-10(6-11)14-18-17-13(20-14)7-12(19)16-8-9-4-5-9/h1-3,6,9H,4-5,7-8H2,(H,16,19). The Morgan fingerprint density at radius 3 is 3.00 bits per heavy atom. The van der Waals surface area contributed by atoms with Crippen molar-refractivity contribution in [2.45, 2.75) is 19.3 Å². The van der Waals surface area contributed by atoms with Crippen molar-refractivity contribution in [2.24, 2.45) is 5.92 Å². The van der Waals surface area contributed by atoms with Crippen LogP contribution in [-0.2, 0) is 11.2 Å². The highest BCUT2D eigenvalue weighted by Crippen LogP contribution is 2.27. The third-order valence-corrected chi connectivity index (χ3v) is 3.14. The molecule has 0 bridgehead atoms. The summed E-state index contributed by atoms with van der Waals surface area (Å²) in [5, 5.41) is 10.5. The van der Waals surface area contributed by atoms with Gasteiger partial charge in [0.05, 0.1) is 0 Å². The van der Waals surface area contributed by atoms with Crippen LogP contribution in [0.3, 0.4) is 0 Å². The lowest BCUT2D eigenvalue weighted by Crippen LogP contribution is -2.27. The molecule has 1 saturated carbocycles. The Labute approximate surface area is 115 Å². The Kier molecular flexibility index (Phi) is 3.45. The minimum absolute atomic E-state index is 0.0506. The zero-order valence-electron chi connectivity index (χ0n) is 10.8. The van der Waals surface area contributed by atoms with Gasteiger partial charge in [0.1, 0.15) is 12.2 Å². The normalized spacial score (nSPS) is 14.2. The van der Waals surface area contributed by atoms with Crippen LogP contribution < -0.4 is 5.32 Å². The van der Waals surface area contributed by atoms with Gasteiger partial charge >= 0.3 is 0 Å². The number of aromatic nitrogens is 2. The summed E-state index contributed by atoms with van der Waals surface area (Å²) < 4.78 is 18.5. The lowest BCUT2D eigenvalue weighted by Gasteiger charge is -2.00. The smallest absolute Gasteiger partial charge is 0.247 e. The number of hydrogen-bond donors (Lipinski definition) is 1. The van der Waals surface area contributed by atoms with E-state index in [1.807, 2.05) is 0 Å². The highest BCUT2D eigenvalue weighted by Gasteiger charge is 2.22. The van der Waals surface area contributed by atoms with E-state index in [4.69, 9.17) is 4.42 Å². The van der Waals surface area contributed by atoms with Crippen molar-refractivity contribution in [1.82, 2.24) is 15.5 Å². The highest BCUT2D eigenvalue weighted by atomic mass is 19.1. The maximum atomic E-state index is 13.1. The van der Waals surface area contributed by atoms with E-state index in [-0.39, 0.29) is 29.9 Å². The van der Waals surface area contributed by atoms with E-state index in [1.165, 1.54) is 25.0 Å². The molecule has 1 aromatic heterocycles. The summed E-state index contributed by atoms with van der Waals surface area (Å²) in [6, 6.07) is 5.89. The number of nitrogens with zero attached hydrogens (tertiary/aromatic N) is 2. The molecule has 6 heteroatoms. The van der Waals surface area contributed by atoms with Gasteiger partial charge in [-0.25, -0.2) is 4.39 Å². The highest BCUT2D eigenvalue weighted by molar-refractivity contribution is 5.77. The van der Waals surface area contributed by atoms with Gasteiger partial charge < -0.3 is 9.73 Å². The van der Waals surface area contributed by atoms with Crippen LogP contribution in [0.15, 0.2) is 28.7 Å². The molecule has 1 aliphatic carbocycles. The van der Waals surface area contributed by atoms with Crippen LogP contribution in [0.1, 0.15) is 18.7 Å². The zero-order chi connectivity index (χ0) is 13.9. The number of carbonyl (C=O) groups is 1. The number of hydrogen-bond acceptors (Lipinski definition) is 4. The van der Waals surface area contributed by atoms with E-state index in [0.717, 1.165) is 0 Å². The molecule has 1 fully saturated rings. The maximum absolute atomic E-state index is 13.1. The minimum Gasteiger partial charge on any atom is -0.420 e. The Balaban J connectivity index is 1.62. The molecule has 0 unspecified atom stereocenters. The van der Waals surface area contributed by atoms with Crippen molar-refractivity contribution in [3.05, 3.63) is 36.0 Å². The predicted molar refractivity (Wildman–Crippen MR) is 69.1 cm³/mol. The summed E-state index contributed by atoms with van der Waals surface area (Å²) >= 11 is 0. The topological polar surface area (TPSA) is 68.0 Å². The second kappa shape index (κ2) is 5.40. The fourth-order valence-electron chi connectivity index (χ4n) is 1.84. The van der Waals surface area contributed by atoms with Gasteiger partial charge in [-0.15, -0.1) is 10.2 Å². The van der Waals surface area contributed by atoms with E-state index in [2.05, 4.69) is 15.5 Å². The summed E-state index contributed by atoms with van der Waals surface area (Å²) in [6.45, 7) is 0.712. The molecule has 0 spiro atoms. The van der Waals surface area contributed by atoms with Crippen molar-refractivity contribution in [2.75, 3.05) is 6.54 Å². The average Bonchev–Trinajstić information content (AvgIpc) is 3.15. The zero-order valence-corrected chi connectivity index (χ0v) is 10.8. The Morgan fingerprint density at radius 2 is 2.25 bits per heavy atom. The van der Waals surface area contributed by atoms with E-state index >= 15 is 0 Å². The average molecular weight is 275 g/mol. The summed E-state index contributed by atoms with van der Waals surface area (Å²) in [7, 11) is 0. The molecule has 104 valence electrons. The molecule has 3 rings (SSSR count). The molecule has 2 aromatic rings. The monoisotopic (exact) mass is 275 g/mol. The van der Waals surface area contributed by atoms with Crippen LogP contribution in [0.25, 0.3) is 11.5 Å². The molecule has 0 aliphatic heterocycles. The number of halogens is 1. The molecule has 0 saturated heterocycles. The number of amides is 1. The number of rotatable bonds is 5. The summed E-state index contributed by atoms with van der Waals surface area (Å²) in [5.74, 6) is 0.576. The van der Waals surface area contributed by atoms with Gasteiger partial charge in [0, 0.05) is 12.1 Å². The third-order valence-electron chi connectivity index (χ3n) is 3.14. The summed E-state index contributed by atoms with van der Waals surface area (Å²) in [4.78, 5) is 11.6. The fraction of sp³-hybridized carbons (Fsp3) is 0.357. The van der Waals surface area contributed by atoms with Crippen LogP contribution in [0.4, 0.5) is 4.39 Å². The third kappa shape index (κ3) is 3.20. The molecule has 0 atom stereocenters. The van der Waals surface area contributed by atoms with Crippen molar-refractivity contribution in [3.8, 4) is 11.5 Å². The molecule has 1 heterocycles. The largest absolute Gasteiger partial charge is 0.420 e. The van der Waals surface area contributed by atoms with Gasteiger partial charge in [0.2, 0.25) is 17.7 Å². The first-order valence-electron chi connectivity index (χ1n) is 6.56. The quantitative estimate of drug-likeness (QED) is 0.905. The minimum atomic E-state index is -0.371. The van der Waals surface area contributed by atoms with Gasteiger partial charge in [-0.05, 0) is 37.0 Å². The van der Waals surface area contributed by atoms with Crippen LogP contribution in [-0.4, -0.2) is 22.6 Å². The van der Waals surface area contributed by atoms with Gasteiger partial charge in [0.15, 0.2) is 0 Å². The van der Waals surface area contributed by atoms with E-state index in [0.29, 0.717) is 18.0 Å². The predicted octanol–water partition coefficient (Wildman–Crippen LogP) is 1.94.